The van der Waals surface area contributed by atoms with Gasteiger partial charge in [-0.05, 0) is 53.6 Å². The zero-order chi connectivity index (χ0) is 37.5. The lowest BCUT2D eigenvalue weighted by molar-refractivity contribution is 0.189. The van der Waals surface area contributed by atoms with Gasteiger partial charge in [0, 0.05) is 25.6 Å². The van der Waals surface area contributed by atoms with Crippen LogP contribution < -0.4 is 24.7 Å². The average Bonchev–Trinajstić information content (AvgIpc) is 3.43. The second-order valence-corrected chi connectivity index (χ2v) is 14.0. The Labute approximate surface area is 299 Å². The third-order valence-corrected chi connectivity index (χ3v) is 9.59. The number of hydrogen-bond donors (Lipinski definition) is 2. The van der Waals surface area contributed by atoms with Crippen LogP contribution in [0, 0.1) is 11.6 Å². The summed E-state index contributed by atoms with van der Waals surface area (Å²) in [5.41, 5.74) is 0.129. The first-order chi connectivity index (χ1) is 24.7. The smallest absolute Gasteiger partial charge is 0.405 e. The van der Waals surface area contributed by atoms with Gasteiger partial charge in [-0.3, -0.25) is 14.0 Å². The highest BCUT2D eigenvalue weighted by atomic mass is 35.5. The number of carbonyl (C=O) groups is 1. The number of methoxy groups -OCH3 is 2. The van der Waals surface area contributed by atoms with Crippen molar-refractivity contribution < 1.29 is 36.6 Å². The van der Waals surface area contributed by atoms with Gasteiger partial charge in [0.05, 0.1) is 60.1 Å². The van der Waals surface area contributed by atoms with E-state index in [1.807, 2.05) is 0 Å². The molecule has 6 aromatic rings. The molecular formula is C34H30ClF2N7O7S. The molecule has 2 N–H and O–H groups in total. The molecule has 0 aliphatic carbocycles. The summed E-state index contributed by atoms with van der Waals surface area (Å²) in [6.07, 6.45) is -0.851. The van der Waals surface area contributed by atoms with Crippen LogP contribution >= 0.6 is 11.6 Å². The number of anilines is 1. The summed E-state index contributed by atoms with van der Waals surface area (Å²) in [5, 5.41) is 17.0. The monoisotopic (exact) mass is 753 g/mol. The Bertz CT molecular complexity index is 2510. The molecule has 14 nitrogen and oxygen atoms in total. The predicted molar refractivity (Wildman–Crippen MR) is 189 cm³/mol. The van der Waals surface area contributed by atoms with Gasteiger partial charge in [-0.15, -0.1) is 0 Å². The molecule has 0 fully saturated rings. The third kappa shape index (κ3) is 7.04. The van der Waals surface area contributed by atoms with Gasteiger partial charge in [0.2, 0.25) is 15.9 Å². The number of hydrogen-bond acceptors (Lipinski definition) is 9. The third-order valence-electron chi connectivity index (χ3n) is 8.17. The van der Waals surface area contributed by atoms with Gasteiger partial charge in [0.15, 0.2) is 11.5 Å². The molecule has 0 saturated heterocycles. The zero-order valence-electron chi connectivity index (χ0n) is 28.0. The standard InChI is InChI=1S/C34H30ClF2N7O7S/c1-42-29-26(11-10-24(35)28(29)32(41-42)43(52(4,48)49)17-18-5-7-22(50-2)8-6-18)44-31(40-30-23(33(44)45)9-12-27(39-30)51-3)25(38-34(46)47)15-19-13-20(36)16-21(37)14-19/h5-14,16,25,38H,15,17H2,1-4H3,(H,46,47). The lowest BCUT2D eigenvalue weighted by atomic mass is 10.0. The minimum atomic E-state index is -3.99. The summed E-state index contributed by atoms with van der Waals surface area (Å²) in [6, 6.07) is 13.9. The number of aryl methyl sites for hydroxylation is 1. The quantitative estimate of drug-likeness (QED) is 0.181. The van der Waals surface area contributed by atoms with Crippen LogP contribution in [0.25, 0.3) is 27.6 Å². The number of benzene rings is 3. The average molecular weight is 754 g/mol. The van der Waals surface area contributed by atoms with E-state index in [9.17, 15) is 31.9 Å². The first-order valence-electron chi connectivity index (χ1n) is 15.4. The number of carboxylic acid groups (broad SMARTS) is 1. The fraction of sp³-hybridized carbons (Fsp3) is 0.206. The molecule has 1 atom stereocenters. The SMILES string of the molecule is COc1ccc(CN(c2nn(C)c3c(-n4c(C(Cc5cc(F)cc(F)c5)NC(=O)O)nc5nc(OC)ccc5c4=O)ccc(Cl)c23)S(C)(=O)=O)cc1. The lowest BCUT2D eigenvalue weighted by Gasteiger charge is -2.23. The Morgan fingerprint density at radius 1 is 1.00 bits per heavy atom. The summed E-state index contributed by atoms with van der Waals surface area (Å²) in [7, 11) is 0.398. The molecule has 0 bridgehead atoms. The minimum Gasteiger partial charge on any atom is -0.497 e. The molecule has 6 rings (SSSR count). The number of rotatable bonds is 11. The number of nitrogens with zero attached hydrogens (tertiary/aromatic N) is 6. The Morgan fingerprint density at radius 3 is 2.31 bits per heavy atom. The van der Waals surface area contributed by atoms with E-state index in [-0.39, 0.29) is 68.7 Å². The predicted octanol–water partition coefficient (Wildman–Crippen LogP) is 5.13. The number of fused-ring (bicyclic) bond motifs is 2. The van der Waals surface area contributed by atoms with Crippen molar-refractivity contribution in [1.29, 1.82) is 0 Å². The highest BCUT2D eigenvalue weighted by Crippen LogP contribution is 2.38. The van der Waals surface area contributed by atoms with Crippen molar-refractivity contribution in [3.05, 3.63) is 111 Å². The van der Waals surface area contributed by atoms with Crippen molar-refractivity contribution in [3.63, 3.8) is 0 Å². The minimum absolute atomic E-state index is 0.0122. The van der Waals surface area contributed by atoms with E-state index in [2.05, 4.69) is 20.4 Å². The Morgan fingerprint density at radius 2 is 1.69 bits per heavy atom. The first-order valence-corrected chi connectivity index (χ1v) is 17.6. The van der Waals surface area contributed by atoms with Crippen LogP contribution in [-0.4, -0.2) is 64.4 Å². The van der Waals surface area contributed by atoms with Crippen molar-refractivity contribution in [3.8, 4) is 17.3 Å². The summed E-state index contributed by atoms with van der Waals surface area (Å²) in [6.45, 7) is -0.138. The van der Waals surface area contributed by atoms with Crippen LogP contribution in [0.2, 0.25) is 5.02 Å². The van der Waals surface area contributed by atoms with E-state index in [0.29, 0.717) is 17.4 Å². The number of halogens is 3. The Balaban J connectivity index is 1.63. The highest BCUT2D eigenvalue weighted by Gasteiger charge is 2.30. The van der Waals surface area contributed by atoms with Crippen molar-refractivity contribution in [2.45, 2.75) is 19.0 Å². The molecule has 18 heteroatoms. The molecule has 0 saturated carbocycles. The van der Waals surface area contributed by atoms with E-state index < -0.39 is 39.4 Å². The molecule has 3 aromatic carbocycles. The molecule has 0 spiro atoms. The number of nitrogens with one attached hydrogen (secondary N) is 1. The van der Waals surface area contributed by atoms with Crippen LogP contribution in [-0.2, 0) is 30.0 Å². The fourth-order valence-corrected chi connectivity index (χ4v) is 6.97. The zero-order valence-corrected chi connectivity index (χ0v) is 29.5. The normalized spacial score (nSPS) is 12.2. The van der Waals surface area contributed by atoms with Gasteiger partial charge in [0.25, 0.3) is 5.56 Å². The van der Waals surface area contributed by atoms with Crippen molar-refractivity contribution in [1.82, 2.24) is 29.6 Å². The van der Waals surface area contributed by atoms with Crippen LogP contribution in [0.3, 0.4) is 0 Å². The molecule has 3 heterocycles. The van der Waals surface area contributed by atoms with Crippen molar-refractivity contribution >= 4 is 55.5 Å². The summed E-state index contributed by atoms with van der Waals surface area (Å²) in [5.74, 6) is -1.37. The molecule has 3 aromatic heterocycles. The molecule has 0 aliphatic rings. The maximum atomic E-state index is 14.5. The summed E-state index contributed by atoms with van der Waals surface area (Å²) in [4.78, 5) is 35.6. The largest absolute Gasteiger partial charge is 0.497 e. The fourth-order valence-electron chi connectivity index (χ4n) is 5.91. The molecule has 0 aliphatic heterocycles. The highest BCUT2D eigenvalue weighted by molar-refractivity contribution is 7.92. The van der Waals surface area contributed by atoms with Gasteiger partial charge >= 0.3 is 6.09 Å². The number of aromatic nitrogens is 5. The van der Waals surface area contributed by atoms with E-state index in [1.165, 1.54) is 50.2 Å². The Kier molecular flexibility index (Phi) is 9.74. The van der Waals surface area contributed by atoms with E-state index >= 15 is 0 Å². The first kappa shape index (κ1) is 36.0. The molecular weight excluding hydrogens is 724 g/mol. The lowest BCUT2D eigenvalue weighted by Crippen LogP contribution is -2.35. The number of pyridine rings is 1. The topological polar surface area (TPSA) is 171 Å². The van der Waals surface area contributed by atoms with Crippen LogP contribution in [0.4, 0.5) is 19.4 Å². The maximum Gasteiger partial charge on any atom is 0.405 e. The van der Waals surface area contributed by atoms with Gasteiger partial charge in [-0.2, -0.15) is 10.1 Å². The molecule has 1 amide bonds. The number of sulfonamides is 1. The summed E-state index contributed by atoms with van der Waals surface area (Å²) < 4.78 is 69.1. The van der Waals surface area contributed by atoms with Gasteiger partial charge < -0.3 is 19.9 Å². The van der Waals surface area contributed by atoms with Gasteiger partial charge in [-0.25, -0.2) is 31.3 Å². The number of amides is 1. The second-order valence-electron chi connectivity index (χ2n) is 11.7. The van der Waals surface area contributed by atoms with E-state index in [0.717, 1.165) is 27.3 Å². The maximum absolute atomic E-state index is 14.5. The summed E-state index contributed by atoms with van der Waals surface area (Å²) >= 11 is 6.77. The van der Waals surface area contributed by atoms with Crippen molar-refractivity contribution in [2.24, 2.45) is 7.05 Å². The van der Waals surface area contributed by atoms with Gasteiger partial charge in [0.1, 0.15) is 23.2 Å². The van der Waals surface area contributed by atoms with Crippen LogP contribution in [0.5, 0.6) is 11.6 Å². The second kappa shape index (κ2) is 14.1. The van der Waals surface area contributed by atoms with Crippen LogP contribution in [0.15, 0.2) is 71.5 Å². The molecule has 0 radical (unpaired) electrons. The van der Waals surface area contributed by atoms with E-state index in [4.69, 9.17) is 21.1 Å². The Hall–Kier alpha value is -5.81. The van der Waals surface area contributed by atoms with Crippen LogP contribution in [0.1, 0.15) is 23.0 Å². The number of ether oxygens (including phenoxy) is 2. The van der Waals surface area contributed by atoms with Gasteiger partial charge in [-0.1, -0.05) is 23.7 Å². The van der Waals surface area contributed by atoms with Crippen molar-refractivity contribution in [2.75, 3.05) is 24.8 Å². The molecule has 52 heavy (non-hydrogen) atoms. The van der Waals surface area contributed by atoms with E-state index in [1.54, 1.807) is 24.3 Å². The molecule has 1 unspecified atom stereocenters. The molecule has 270 valence electrons.